The van der Waals surface area contributed by atoms with Gasteiger partial charge in [0.05, 0.1) is 5.56 Å². The zero-order chi connectivity index (χ0) is 33.0. The van der Waals surface area contributed by atoms with Crippen LogP contribution in [0.5, 0.6) is 0 Å². The molecule has 0 aliphatic heterocycles. The average Bonchev–Trinajstić information content (AvgIpc) is 3.79. The lowest BCUT2D eigenvalue weighted by Crippen LogP contribution is -2.01. The summed E-state index contributed by atoms with van der Waals surface area (Å²) in [5.41, 5.74) is 8.26. The molecule has 0 unspecified atom stereocenters. The molecule has 0 N–H and O–H groups in total. The predicted octanol–water partition coefficient (Wildman–Crippen LogP) is 11.4. The maximum Gasteiger partial charge on any atom is 0.227 e. The number of hydrogen-bond acceptors (Lipinski definition) is 6. The van der Waals surface area contributed by atoms with Gasteiger partial charge in [0.15, 0.2) is 23.1 Å². The maximum absolute atomic E-state index is 6.64. The molecule has 6 nitrogen and oxygen atoms in total. The van der Waals surface area contributed by atoms with Crippen LogP contribution < -0.4 is 0 Å². The number of aromatic nitrogens is 4. The number of para-hydroxylation sites is 1. The van der Waals surface area contributed by atoms with Crippen molar-refractivity contribution in [3.63, 3.8) is 0 Å². The van der Waals surface area contributed by atoms with E-state index in [1.54, 1.807) is 0 Å². The van der Waals surface area contributed by atoms with Crippen LogP contribution >= 0.6 is 0 Å². The topological polar surface area (TPSA) is 77.8 Å². The molecule has 50 heavy (non-hydrogen) atoms. The summed E-state index contributed by atoms with van der Waals surface area (Å²) < 4.78 is 13.1. The first kappa shape index (κ1) is 28.1. The van der Waals surface area contributed by atoms with E-state index in [-0.39, 0.29) is 0 Å². The maximum atomic E-state index is 6.64. The van der Waals surface area contributed by atoms with Crippen LogP contribution in [-0.2, 0) is 0 Å². The number of furan rings is 1. The van der Waals surface area contributed by atoms with Gasteiger partial charge in [0.2, 0.25) is 5.89 Å². The summed E-state index contributed by atoms with van der Waals surface area (Å²) in [6.45, 7) is 0. The largest absolute Gasteiger partial charge is 0.456 e. The van der Waals surface area contributed by atoms with Crippen LogP contribution in [0, 0.1) is 0 Å². The number of hydrogen-bond donors (Lipinski definition) is 0. The average molecular weight is 643 g/mol. The van der Waals surface area contributed by atoms with Crippen LogP contribution in [0.4, 0.5) is 0 Å². The molecule has 10 aromatic rings. The van der Waals surface area contributed by atoms with Crippen LogP contribution in [0.2, 0.25) is 0 Å². The molecular formula is C44H26N4O2. The summed E-state index contributed by atoms with van der Waals surface area (Å²) in [6.07, 6.45) is 0. The molecule has 234 valence electrons. The number of rotatable bonds is 5. The van der Waals surface area contributed by atoms with E-state index in [1.807, 2.05) is 91.0 Å². The number of fused-ring (bicyclic) bond motifs is 5. The van der Waals surface area contributed by atoms with Gasteiger partial charge in [-0.3, -0.25) is 0 Å². The Bertz CT molecular complexity index is 2860. The van der Waals surface area contributed by atoms with Crippen molar-refractivity contribution in [3.05, 3.63) is 158 Å². The minimum absolute atomic E-state index is 0.473. The van der Waals surface area contributed by atoms with E-state index in [0.717, 1.165) is 54.9 Å². The molecule has 6 heteroatoms. The van der Waals surface area contributed by atoms with Gasteiger partial charge in [-0.15, -0.1) is 0 Å². The normalized spacial score (nSPS) is 11.6. The first-order valence-corrected chi connectivity index (χ1v) is 16.5. The van der Waals surface area contributed by atoms with Gasteiger partial charge in [-0.25, -0.2) is 19.9 Å². The van der Waals surface area contributed by atoms with Crippen molar-refractivity contribution >= 4 is 43.8 Å². The highest BCUT2D eigenvalue weighted by atomic mass is 16.4. The van der Waals surface area contributed by atoms with Crippen molar-refractivity contribution in [1.29, 1.82) is 0 Å². The van der Waals surface area contributed by atoms with E-state index in [9.17, 15) is 0 Å². The Morgan fingerprint density at radius 1 is 0.400 bits per heavy atom. The quantitative estimate of drug-likeness (QED) is 0.186. The summed E-state index contributed by atoms with van der Waals surface area (Å²) in [5, 5.41) is 4.06. The monoisotopic (exact) mass is 642 g/mol. The van der Waals surface area contributed by atoms with E-state index in [0.29, 0.717) is 45.6 Å². The van der Waals surface area contributed by atoms with Gasteiger partial charge in [0.1, 0.15) is 16.7 Å². The van der Waals surface area contributed by atoms with Crippen LogP contribution in [0.15, 0.2) is 167 Å². The highest BCUT2D eigenvalue weighted by Gasteiger charge is 2.25. The fourth-order valence-corrected chi connectivity index (χ4v) is 6.82. The minimum Gasteiger partial charge on any atom is -0.456 e. The number of nitrogens with zero attached hydrogens (tertiary/aromatic N) is 4. The molecule has 10 rings (SSSR count). The summed E-state index contributed by atoms with van der Waals surface area (Å²) in [4.78, 5) is 20.5. The first-order valence-electron chi connectivity index (χ1n) is 16.5. The fraction of sp³-hybridized carbons (Fsp3) is 0. The molecule has 0 radical (unpaired) electrons. The molecule has 0 saturated carbocycles. The van der Waals surface area contributed by atoms with Gasteiger partial charge in [-0.1, -0.05) is 121 Å². The number of benzene rings is 7. The zero-order valence-electron chi connectivity index (χ0n) is 26.6. The van der Waals surface area contributed by atoms with Crippen LogP contribution in [0.25, 0.3) is 101 Å². The Labute approximate surface area is 286 Å². The van der Waals surface area contributed by atoms with Gasteiger partial charge < -0.3 is 8.83 Å². The first-order chi connectivity index (χ1) is 24.8. The third-order valence-electron chi connectivity index (χ3n) is 9.14. The third-order valence-corrected chi connectivity index (χ3v) is 9.14. The highest BCUT2D eigenvalue weighted by molar-refractivity contribution is 6.18. The van der Waals surface area contributed by atoms with Crippen LogP contribution in [0.3, 0.4) is 0 Å². The van der Waals surface area contributed by atoms with Crippen molar-refractivity contribution in [3.8, 4) is 56.7 Å². The van der Waals surface area contributed by atoms with E-state index in [1.165, 1.54) is 0 Å². The highest BCUT2D eigenvalue weighted by Crippen LogP contribution is 2.43. The second kappa shape index (κ2) is 11.4. The molecule has 3 aromatic heterocycles. The molecule has 0 aliphatic carbocycles. The molecule has 0 aliphatic rings. The molecular weight excluding hydrogens is 617 g/mol. The van der Waals surface area contributed by atoms with Crippen LogP contribution in [0.1, 0.15) is 0 Å². The van der Waals surface area contributed by atoms with E-state index in [4.69, 9.17) is 28.8 Å². The molecule has 0 bridgehead atoms. The summed E-state index contributed by atoms with van der Waals surface area (Å²) in [5.74, 6) is 2.10. The Morgan fingerprint density at radius 2 is 1.00 bits per heavy atom. The lowest BCUT2D eigenvalue weighted by molar-refractivity contribution is 0.620. The van der Waals surface area contributed by atoms with Crippen molar-refractivity contribution in [2.45, 2.75) is 0 Å². The molecule has 7 aromatic carbocycles. The smallest absolute Gasteiger partial charge is 0.227 e. The lowest BCUT2D eigenvalue weighted by atomic mass is 9.95. The van der Waals surface area contributed by atoms with Gasteiger partial charge in [0.25, 0.3) is 0 Å². The standard InChI is InChI=1S/C44H26N4O2/c1-4-14-27(15-5-1)34-25-31(24-30-20-10-11-21-32(30)34)42-46-41(28-16-6-2-7-17-28)47-43(48-42)39-38-33-22-12-13-23-36(33)49-37(38)26-35-40(39)50-44(45-35)29-18-8-3-9-19-29/h1-26H. The lowest BCUT2D eigenvalue weighted by Gasteiger charge is -2.13. The zero-order valence-corrected chi connectivity index (χ0v) is 26.6. The van der Waals surface area contributed by atoms with Crippen molar-refractivity contribution < 1.29 is 8.83 Å². The van der Waals surface area contributed by atoms with Gasteiger partial charge in [0, 0.05) is 33.5 Å². The molecule has 0 amide bonds. The second-order valence-electron chi connectivity index (χ2n) is 12.2. The predicted molar refractivity (Wildman–Crippen MR) is 199 cm³/mol. The van der Waals surface area contributed by atoms with E-state index in [2.05, 4.69) is 66.7 Å². The van der Waals surface area contributed by atoms with Crippen molar-refractivity contribution in [2.24, 2.45) is 0 Å². The van der Waals surface area contributed by atoms with Gasteiger partial charge in [-0.2, -0.15) is 0 Å². The fourth-order valence-electron chi connectivity index (χ4n) is 6.82. The summed E-state index contributed by atoms with van der Waals surface area (Å²) in [6, 6.07) is 53.1. The number of oxazole rings is 1. The summed E-state index contributed by atoms with van der Waals surface area (Å²) >= 11 is 0. The van der Waals surface area contributed by atoms with E-state index < -0.39 is 0 Å². The minimum atomic E-state index is 0.473. The Balaban J connectivity index is 1.30. The third kappa shape index (κ3) is 4.65. The van der Waals surface area contributed by atoms with E-state index >= 15 is 0 Å². The molecule has 0 fully saturated rings. The molecule has 3 heterocycles. The Morgan fingerprint density at radius 3 is 1.76 bits per heavy atom. The second-order valence-corrected chi connectivity index (χ2v) is 12.2. The SMILES string of the molecule is c1ccc(-c2nc(-c3cc(-c4ccccc4)c4ccccc4c3)nc(-c3c4oc(-c5ccccc5)nc4cc4oc5ccccc5c34)n2)cc1. The van der Waals surface area contributed by atoms with Gasteiger partial charge >= 0.3 is 0 Å². The summed E-state index contributed by atoms with van der Waals surface area (Å²) in [7, 11) is 0. The molecule has 0 spiro atoms. The van der Waals surface area contributed by atoms with Crippen molar-refractivity contribution in [1.82, 2.24) is 19.9 Å². The Kier molecular flexibility index (Phi) is 6.39. The molecule has 0 atom stereocenters. The molecule has 0 saturated heterocycles. The van der Waals surface area contributed by atoms with Crippen LogP contribution in [-0.4, -0.2) is 19.9 Å². The Hall–Kier alpha value is -6.92. The van der Waals surface area contributed by atoms with Gasteiger partial charge in [-0.05, 0) is 52.2 Å². The van der Waals surface area contributed by atoms with Crippen molar-refractivity contribution in [2.75, 3.05) is 0 Å².